The average Bonchev–Trinajstić information content (AvgIpc) is 3.25. The first-order valence-electron chi connectivity index (χ1n) is 11.1. The monoisotopic (exact) mass is 357 g/mol. The third kappa shape index (κ3) is 3.60. The fourth-order valence-electron chi connectivity index (χ4n) is 5.79. The van der Waals surface area contributed by atoms with Gasteiger partial charge in [-0.15, -0.1) is 0 Å². The predicted octanol–water partition coefficient (Wildman–Crippen LogP) is 4.20. The van der Waals surface area contributed by atoms with E-state index in [0.29, 0.717) is 12.1 Å². The van der Waals surface area contributed by atoms with Crippen LogP contribution in [0.3, 0.4) is 0 Å². The first-order valence-corrected chi connectivity index (χ1v) is 11.1. The molecule has 4 nitrogen and oxygen atoms in total. The lowest BCUT2D eigenvalue weighted by atomic mass is 9.77. The lowest BCUT2D eigenvalue weighted by molar-refractivity contribution is -0.0371. The Balaban J connectivity index is 1.29. The molecule has 0 unspecified atom stereocenters. The molecular formula is C22H35N3O. The van der Waals surface area contributed by atoms with Gasteiger partial charge in [-0.3, -0.25) is 9.58 Å². The Kier molecular flexibility index (Phi) is 4.82. The third-order valence-corrected chi connectivity index (χ3v) is 7.52. The van der Waals surface area contributed by atoms with Crippen molar-refractivity contribution < 1.29 is 4.74 Å². The summed E-state index contributed by atoms with van der Waals surface area (Å²) in [6.07, 6.45) is 17.0. The van der Waals surface area contributed by atoms with Gasteiger partial charge in [0.05, 0.1) is 18.3 Å². The van der Waals surface area contributed by atoms with Crippen LogP contribution in [-0.4, -0.2) is 46.5 Å². The fourth-order valence-corrected chi connectivity index (χ4v) is 5.79. The van der Waals surface area contributed by atoms with E-state index >= 15 is 0 Å². The summed E-state index contributed by atoms with van der Waals surface area (Å²) in [5.74, 6) is 2.52. The van der Waals surface area contributed by atoms with Crippen molar-refractivity contribution in [2.75, 3.05) is 19.7 Å². The van der Waals surface area contributed by atoms with Crippen LogP contribution in [0.4, 0.5) is 0 Å². The van der Waals surface area contributed by atoms with Gasteiger partial charge in [-0.05, 0) is 68.8 Å². The van der Waals surface area contributed by atoms with Gasteiger partial charge in [0.25, 0.3) is 0 Å². The fraction of sp³-hybridized carbons (Fsp3) is 0.864. The van der Waals surface area contributed by atoms with Gasteiger partial charge in [-0.2, -0.15) is 5.10 Å². The topological polar surface area (TPSA) is 30.3 Å². The van der Waals surface area contributed by atoms with Crippen LogP contribution >= 0.6 is 0 Å². The summed E-state index contributed by atoms with van der Waals surface area (Å²) in [6, 6.07) is 1.31. The lowest BCUT2D eigenvalue weighted by Gasteiger charge is -2.38. The van der Waals surface area contributed by atoms with Crippen LogP contribution in [0.5, 0.6) is 0 Å². The second-order valence-electron chi connectivity index (χ2n) is 9.62. The zero-order valence-electron chi connectivity index (χ0n) is 16.4. The Morgan fingerprint density at radius 1 is 1.04 bits per heavy atom. The quantitative estimate of drug-likeness (QED) is 0.791. The van der Waals surface area contributed by atoms with Crippen molar-refractivity contribution in [3.8, 4) is 0 Å². The van der Waals surface area contributed by atoms with Crippen molar-refractivity contribution in [2.45, 2.75) is 82.9 Å². The number of hydrogen-bond acceptors (Lipinski definition) is 3. The molecule has 1 aromatic rings. The summed E-state index contributed by atoms with van der Waals surface area (Å²) in [4.78, 5) is 2.85. The maximum absolute atomic E-state index is 6.49. The summed E-state index contributed by atoms with van der Waals surface area (Å²) in [7, 11) is 0. The van der Waals surface area contributed by atoms with E-state index in [-0.39, 0.29) is 0 Å². The third-order valence-electron chi connectivity index (χ3n) is 7.52. The van der Waals surface area contributed by atoms with Crippen molar-refractivity contribution in [3.05, 3.63) is 18.0 Å². The molecule has 4 aliphatic rings. The Morgan fingerprint density at radius 3 is 2.50 bits per heavy atom. The van der Waals surface area contributed by atoms with Crippen LogP contribution in [0.2, 0.25) is 0 Å². The Hall–Kier alpha value is -0.870. The normalized spacial score (nSPS) is 36.3. The van der Waals surface area contributed by atoms with Crippen molar-refractivity contribution in [2.24, 2.45) is 17.8 Å². The van der Waals surface area contributed by atoms with E-state index in [9.17, 15) is 0 Å². The molecule has 1 aromatic heterocycles. The molecule has 4 fully saturated rings. The molecule has 0 aromatic carbocycles. The second kappa shape index (κ2) is 7.27. The summed E-state index contributed by atoms with van der Waals surface area (Å²) in [5.41, 5.74) is 1.27. The van der Waals surface area contributed by atoms with Gasteiger partial charge in [0.2, 0.25) is 0 Å². The van der Waals surface area contributed by atoms with Crippen LogP contribution in [-0.2, 0) is 4.74 Å². The van der Waals surface area contributed by atoms with Crippen molar-refractivity contribution in [3.63, 3.8) is 0 Å². The van der Waals surface area contributed by atoms with E-state index in [4.69, 9.17) is 4.74 Å². The number of hydrogen-bond donors (Lipinski definition) is 0. The van der Waals surface area contributed by atoms with Gasteiger partial charge >= 0.3 is 0 Å². The van der Waals surface area contributed by atoms with Crippen LogP contribution in [0, 0.1) is 24.7 Å². The first-order chi connectivity index (χ1) is 12.8. The Bertz CT molecular complexity index is 604. The molecule has 0 spiro atoms. The highest BCUT2D eigenvalue weighted by atomic mass is 16.5. The van der Waals surface area contributed by atoms with Gasteiger partial charge in [0.1, 0.15) is 0 Å². The van der Waals surface area contributed by atoms with Gasteiger partial charge in [-0.1, -0.05) is 19.3 Å². The minimum atomic E-state index is 0.363. The van der Waals surface area contributed by atoms with Gasteiger partial charge in [0, 0.05) is 31.9 Å². The number of rotatable bonds is 5. The zero-order valence-corrected chi connectivity index (χ0v) is 16.4. The molecule has 0 radical (unpaired) electrons. The number of ether oxygens (including phenoxy) is 1. The van der Waals surface area contributed by atoms with Crippen molar-refractivity contribution in [1.82, 2.24) is 14.7 Å². The molecule has 3 aliphatic carbocycles. The minimum Gasteiger partial charge on any atom is -0.376 e. The van der Waals surface area contributed by atoms with E-state index in [1.165, 1.54) is 76.4 Å². The SMILES string of the molecule is Cc1cnn([C@H]2C[C@H]3CN(C4CCCCC4)C[C@H]3C[C@@H]2OCC2CC2)c1. The number of aryl methyl sites for hydroxylation is 1. The molecule has 144 valence electrons. The van der Waals surface area contributed by atoms with Gasteiger partial charge < -0.3 is 4.74 Å². The largest absolute Gasteiger partial charge is 0.376 e. The first kappa shape index (κ1) is 17.2. The summed E-state index contributed by atoms with van der Waals surface area (Å²) in [5, 5.41) is 4.68. The lowest BCUT2D eigenvalue weighted by Crippen LogP contribution is -2.38. The smallest absolute Gasteiger partial charge is 0.0802 e. The predicted molar refractivity (Wildman–Crippen MR) is 103 cm³/mol. The second-order valence-corrected chi connectivity index (χ2v) is 9.62. The maximum atomic E-state index is 6.49. The van der Waals surface area contributed by atoms with E-state index < -0.39 is 0 Å². The van der Waals surface area contributed by atoms with Crippen molar-refractivity contribution >= 4 is 0 Å². The Morgan fingerprint density at radius 2 is 1.81 bits per heavy atom. The number of aromatic nitrogens is 2. The summed E-state index contributed by atoms with van der Waals surface area (Å²) < 4.78 is 8.72. The molecule has 26 heavy (non-hydrogen) atoms. The van der Waals surface area contributed by atoms with Gasteiger partial charge in [0.15, 0.2) is 0 Å². The van der Waals surface area contributed by atoms with E-state index in [2.05, 4.69) is 27.8 Å². The summed E-state index contributed by atoms with van der Waals surface area (Å²) >= 11 is 0. The highest BCUT2D eigenvalue weighted by Gasteiger charge is 2.45. The van der Waals surface area contributed by atoms with E-state index in [0.717, 1.165) is 30.4 Å². The summed E-state index contributed by atoms with van der Waals surface area (Å²) in [6.45, 7) is 5.77. The maximum Gasteiger partial charge on any atom is 0.0802 e. The molecule has 0 N–H and O–H groups in total. The van der Waals surface area contributed by atoms with Crippen LogP contribution < -0.4 is 0 Å². The molecule has 4 atom stereocenters. The molecular weight excluding hydrogens is 322 g/mol. The van der Waals surface area contributed by atoms with Crippen LogP contribution in [0.1, 0.15) is 69.4 Å². The van der Waals surface area contributed by atoms with Crippen LogP contribution in [0.15, 0.2) is 12.4 Å². The highest BCUT2D eigenvalue weighted by Crippen LogP contribution is 2.44. The number of nitrogens with zero attached hydrogens (tertiary/aromatic N) is 3. The average molecular weight is 358 g/mol. The molecule has 3 saturated carbocycles. The van der Waals surface area contributed by atoms with Gasteiger partial charge in [-0.25, -0.2) is 0 Å². The highest BCUT2D eigenvalue weighted by molar-refractivity contribution is 5.04. The molecule has 2 heterocycles. The molecule has 4 heteroatoms. The Labute approximate surface area is 158 Å². The molecule has 1 aliphatic heterocycles. The van der Waals surface area contributed by atoms with E-state index in [1.54, 1.807) is 0 Å². The molecule has 0 bridgehead atoms. The molecule has 5 rings (SSSR count). The standard InChI is InChI=1S/C22H35N3O/c1-16-11-23-25(12-16)21-9-18-13-24(20-5-3-2-4-6-20)14-19(18)10-22(21)26-15-17-7-8-17/h11-12,17-22H,2-10,13-15H2,1H3/t18-,19+,21-,22-/m0/s1. The van der Waals surface area contributed by atoms with E-state index in [1.807, 2.05) is 6.20 Å². The van der Waals surface area contributed by atoms with Crippen molar-refractivity contribution in [1.29, 1.82) is 0 Å². The zero-order chi connectivity index (χ0) is 17.5. The number of likely N-dealkylation sites (tertiary alicyclic amines) is 1. The number of fused-ring (bicyclic) bond motifs is 1. The minimum absolute atomic E-state index is 0.363. The molecule has 0 amide bonds. The molecule has 1 saturated heterocycles. The van der Waals surface area contributed by atoms with Crippen LogP contribution in [0.25, 0.3) is 0 Å².